The van der Waals surface area contributed by atoms with Crippen LogP contribution < -0.4 is 0 Å². The third-order valence-electron chi connectivity index (χ3n) is 5.25. The first-order valence-electron chi connectivity index (χ1n) is 12.4. The predicted molar refractivity (Wildman–Crippen MR) is 118 cm³/mol. The van der Waals surface area contributed by atoms with Crippen LogP contribution in [0.25, 0.3) is 0 Å². The lowest BCUT2D eigenvalue weighted by atomic mass is 10.1. The Labute approximate surface area is 184 Å². The summed E-state index contributed by atoms with van der Waals surface area (Å²) >= 11 is 0. The zero-order chi connectivity index (χ0) is 22.1. The molecule has 0 aromatic heterocycles. The molecule has 0 aromatic carbocycles. The number of carbonyl (C=O) groups excluding carboxylic acids is 2. The van der Waals surface area contributed by atoms with Gasteiger partial charge in [0.25, 0.3) is 0 Å². The normalized spacial score (nSPS) is 10.9. The first-order valence-corrected chi connectivity index (χ1v) is 12.4. The summed E-state index contributed by atoms with van der Waals surface area (Å²) in [4.78, 5) is 31.8. The molecule has 0 aromatic rings. The molecule has 0 rings (SSSR count). The second kappa shape index (κ2) is 24.1. The number of carbonyl (C=O) groups is 2. The van der Waals surface area contributed by atoms with Crippen molar-refractivity contribution in [3.8, 4) is 0 Å². The minimum absolute atomic E-state index is 0.269. The van der Waals surface area contributed by atoms with E-state index in [1.54, 1.807) is 0 Å². The highest BCUT2D eigenvalue weighted by Gasteiger charge is 2.08. The van der Waals surface area contributed by atoms with Gasteiger partial charge in [0.1, 0.15) is 0 Å². The van der Waals surface area contributed by atoms with E-state index < -0.39 is 11.9 Å². The van der Waals surface area contributed by atoms with Gasteiger partial charge in [-0.25, -0.2) is 9.59 Å². The first kappa shape index (κ1) is 28.9. The molecule has 0 aliphatic heterocycles. The summed E-state index contributed by atoms with van der Waals surface area (Å²) in [6.45, 7) is 4.44. The number of rotatable bonds is 23. The Balaban J connectivity index is 3.29. The minimum Gasteiger partial charge on any atom is -0.266 e. The fraction of sp³-hybridized carbons (Fsp3) is 0.917. The summed E-state index contributed by atoms with van der Waals surface area (Å²) in [5.74, 6) is -1.04. The molecule has 0 bridgehead atoms. The molecule has 0 atom stereocenters. The molecule has 0 radical (unpaired) electrons. The maximum absolute atomic E-state index is 11.5. The van der Waals surface area contributed by atoms with Crippen molar-refractivity contribution < 1.29 is 29.4 Å². The standard InChI is InChI=1S/C24H46O6/c1-3-5-7-9-11-13-15-17-19-21-23(25)27-29-30-28-24(26)22-20-18-16-14-12-10-8-6-4-2/h3-22H2,1-2H3. The van der Waals surface area contributed by atoms with Crippen molar-refractivity contribution in [2.24, 2.45) is 0 Å². The summed E-state index contributed by atoms with van der Waals surface area (Å²) in [7, 11) is 0. The molecule has 0 fully saturated rings. The lowest BCUT2D eigenvalue weighted by Crippen LogP contribution is -2.10. The van der Waals surface area contributed by atoms with Gasteiger partial charge in [-0.2, -0.15) is 0 Å². The molecular weight excluding hydrogens is 384 g/mol. The highest BCUT2D eigenvalue weighted by Crippen LogP contribution is 2.12. The SMILES string of the molecule is CCCCCCCCCCCC(=O)OOOOC(=O)CCCCCCCCCCC. The van der Waals surface area contributed by atoms with Gasteiger partial charge in [-0.15, -0.1) is 0 Å². The molecule has 178 valence electrons. The summed E-state index contributed by atoms with van der Waals surface area (Å²) < 4.78 is 0. The average Bonchev–Trinajstić information content (AvgIpc) is 2.74. The summed E-state index contributed by atoms with van der Waals surface area (Å²) in [6.07, 6.45) is 21.7. The topological polar surface area (TPSA) is 71.1 Å². The van der Waals surface area contributed by atoms with Crippen LogP contribution in [0.3, 0.4) is 0 Å². The average molecular weight is 431 g/mol. The highest BCUT2D eigenvalue weighted by molar-refractivity contribution is 5.68. The van der Waals surface area contributed by atoms with E-state index in [1.165, 1.54) is 77.0 Å². The van der Waals surface area contributed by atoms with Gasteiger partial charge in [0, 0.05) is 22.9 Å². The summed E-state index contributed by atoms with van der Waals surface area (Å²) in [5, 5.41) is 8.40. The highest BCUT2D eigenvalue weighted by atomic mass is 17.7. The van der Waals surface area contributed by atoms with Gasteiger partial charge in [0.15, 0.2) is 0 Å². The largest absolute Gasteiger partial charge is 0.345 e. The third kappa shape index (κ3) is 23.1. The maximum Gasteiger partial charge on any atom is 0.345 e. The van der Waals surface area contributed by atoms with Gasteiger partial charge >= 0.3 is 11.9 Å². The van der Waals surface area contributed by atoms with Crippen LogP contribution in [0.5, 0.6) is 0 Å². The second-order valence-corrected chi connectivity index (χ2v) is 8.20. The first-order chi connectivity index (χ1) is 14.7. The molecule has 0 aliphatic rings. The molecule has 0 heterocycles. The third-order valence-corrected chi connectivity index (χ3v) is 5.25. The number of hydrogen-bond acceptors (Lipinski definition) is 6. The van der Waals surface area contributed by atoms with Gasteiger partial charge in [0.05, 0.1) is 0 Å². The van der Waals surface area contributed by atoms with E-state index in [0.29, 0.717) is 0 Å². The van der Waals surface area contributed by atoms with E-state index >= 15 is 0 Å². The molecule has 0 amide bonds. The quantitative estimate of drug-likeness (QED) is 0.0939. The molecular formula is C24H46O6. The van der Waals surface area contributed by atoms with E-state index in [9.17, 15) is 9.59 Å². The second-order valence-electron chi connectivity index (χ2n) is 8.20. The van der Waals surface area contributed by atoms with E-state index in [0.717, 1.165) is 38.5 Å². The summed E-state index contributed by atoms with van der Waals surface area (Å²) in [6, 6.07) is 0. The Bertz CT molecular complexity index is 350. The predicted octanol–water partition coefficient (Wildman–Crippen LogP) is 7.69. The fourth-order valence-electron chi connectivity index (χ4n) is 3.35. The van der Waals surface area contributed by atoms with Crippen molar-refractivity contribution in [3.63, 3.8) is 0 Å². The number of unbranched alkanes of at least 4 members (excludes halogenated alkanes) is 16. The van der Waals surface area contributed by atoms with Crippen LogP contribution in [0.1, 0.15) is 142 Å². The van der Waals surface area contributed by atoms with Crippen molar-refractivity contribution in [2.75, 3.05) is 0 Å². The molecule has 30 heavy (non-hydrogen) atoms. The van der Waals surface area contributed by atoms with E-state index in [2.05, 4.69) is 33.7 Å². The Morgan fingerprint density at radius 2 is 0.700 bits per heavy atom. The summed E-state index contributed by atoms with van der Waals surface area (Å²) in [5.41, 5.74) is 0. The van der Waals surface area contributed by atoms with E-state index in [4.69, 9.17) is 0 Å². The lowest BCUT2D eigenvalue weighted by Gasteiger charge is -2.03. The zero-order valence-electron chi connectivity index (χ0n) is 19.6. The van der Waals surface area contributed by atoms with E-state index in [-0.39, 0.29) is 12.8 Å². The van der Waals surface area contributed by atoms with Gasteiger partial charge in [0.2, 0.25) is 0 Å². The zero-order valence-corrected chi connectivity index (χ0v) is 19.6. The van der Waals surface area contributed by atoms with Gasteiger partial charge in [-0.3, -0.25) is 9.78 Å². The molecule has 0 N–H and O–H groups in total. The van der Waals surface area contributed by atoms with Crippen LogP contribution in [0.4, 0.5) is 0 Å². The van der Waals surface area contributed by atoms with Gasteiger partial charge < -0.3 is 0 Å². The minimum atomic E-state index is -0.520. The molecule has 6 heteroatoms. The van der Waals surface area contributed by atoms with Gasteiger partial charge in [-0.1, -0.05) is 117 Å². The van der Waals surface area contributed by atoms with Crippen LogP contribution in [0.15, 0.2) is 0 Å². The molecule has 0 spiro atoms. The van der Waals surface area contributed by atoms with Crippen LogP contribution in [0.2, 0.25) is 0 Å². The van der Waals surface area contributed by atoms with Crippen molar-refractivity contribution in [1.29, 1.82) is 0 Å². The lowest BCUT2D eigenvalue weighted by molar-refractivity contribution is -0.600. The molecule has 0 saturated heterocycles. The van der Waals surface area contributed by atoms with Crippen molar-refractivity contribution in [3.05, 3.63) is 0 Å². The Morgan fingerprint density at radius 1 is 0.433 bits per heavy atom. The van der Waals surface area contributed by atoms with Gasteiger partial charge in [-0.05, 0) is 12.8 Å². The van der Waals surface area contributed by atoms with Crippen LogP contribution in [0, 0.1) is 0 Å². The Kier molecular flexibility index (Phi) is 23.2. The monoisotopic (exact) mass is 430 g/mol. The number of hydrogen-bond donors (Lipinski definition) is 0. The Morgan fingerprint density at radius 3 is 1.00 bits per heavy atom. The van der Waals surface area contributed by atoms with Crippen molar-refractivity contribution >= 4 is 11.9 Å². The van der Waals surface area contributed by atoms with E-state index in [1.807, 2.05) is 0 Å². The van der Waals surface area contributed by atoms with Crippen LogP contribution in [-0.2, 0) is 29.4 Å². The maximum atomic E-state index is 11.5. The van der Waals surface area contributed by atoms with Crippen LogP contribution >= 0.6 is 0 Å². The molecule has 0 saturated carbocycles. The smallest absolute Gasteiger partial charge is 0.266 e. The van der Waals surface area contributed by atoms with Crippen molar-refractivity contribution in [2.45, 2.75) is 142 Å². The molecule has 0 aliphatic carbocycles. The van der Waals surface area contributed by atoms with Crippen LogP contribution in [-0.4, -0.2) is 11.9 Å². The fourth-order valence-corrected chi connectivity index (χ4v) is 3.35. The molecule has 6 nitrogen and oxygen atoms in total. The van der Waals surface area contributed by atoms with Crippen molar-refractivity contribution in [1.82, 2.24) is 0 Å². The Hall–Kier alpha value is -1.14. The molecule has 0 unspecified atom stereocenters.